The molecule has 0 saturated carbocycles. The van der Waals surface area contributed by atoms with Crippen LogP contribution in [0.5, 0.6) is 0 Å². The molecule has 1 amide bonds. The van der Waals surface area contributed by atoms with E-state index in [4.69, 9.17) is 0 Å². The number of hydrogen-bond acceptors (Lipinski definition) is 4. The average Bonchev–Trinajstić information content (AvgIpc) is 2.58. The van der Waals surface area contributed by atoms with Crippen molar-refractivity contribution in [1.29, 1.82) is 0 Å². The van der Waals surface area contributed by atoms with Crippen LogP contribution in [-0.2, 0) is 4.79 Å². The molecule has 0 aliphatic carbocycles. The highest BCUT2D eigenvalue weighted by Crippen LogP contribution is 2.15. The minimum absolute atomic E-state index is 0.216. The zero-order valence-electron chi connectivity index (χ0n) is 14.3. The third-order valence-corrected chi connectivity index (χ3v) is 4.56. The molecule has 5 heteroatoms. The smallest absolute Gasteiger partial charge is 0.236 e. The number of β-amino-alcohol motifs (C(OH)–C–C–N with tert-alkyl or cyclic N) is 1. The van der Waals surface area contributed by atoms with Crippen LogP contribution in [0.1, 0.15) is 25.5 Å². The Hall–Kier alpha value is -1.43. The summed E-state index contributed by atoms with van der Waals surface area (Å²) in [5.41, 5.74) is 0.964. The summed E-state index contributed by atoms with van der Waals surface area (Å²) in [6.07, 6.45) is -0.444. The Bertz CT molecular complexity index is 468. The fourth-order valence-corrected chi connectivity index (χ4v) is 3.02. The summed E-state index contributed by atoms with van der Waals surface area (Å²) < 4.78 is 0. The van der Waals surface area contributed by atoms with Crippen LogP contribution in [0.4, 0.5) is 0 Å². The van der Waals surface area contributed by atoms with Gasteiger partial charge in [0.2, 0.25) is 5.91 Å². The third-order valence-electron chi connectivity index (χ3n) is 4.56. The number of hydrogen-bond donors (Lipinski definition) is 1. The van der Waals surface area contributed by atoms with Gasteiger partial charge < -0.3 is 10.0 Å². The number of rotatable bonds is 7. The van der Waals surface area contributed by atoms with Gasteiger partial charge in [-0.05, 0) is 19.4 Å². The highest BCUT2D eigenvalue weighted by atomic mass is 16.3. The molecule has 0 radical (unpaired) electrons. The van der Waals surface area contributed by atoms with Crippen molar-refractivity contribution in [2.75, 3.05) is 52.4 Å². The summed E-state index contributed by atoms with van der Waals surface area (Å²) >= 11 is 0. The van der Waals surface area contributed by atoms with E-state index in [1.54, 1.807) is 0 Å². The normalized spacial score (nSPS) is 17.9. The molecular formula is C18H29N3O2. The Morgan fingerprint density at radius 2 is 1.65 bits per heavy atom. The lowest BCUT2D eigenvalue weighted by Crippen LogP contribution is -2.50. The van der Waals surface area contributed by atoms with Crippen LogP contribution in [0.2, 0.25) is 0 Å². The molecule has 1 fully saturated rings. The van der Waals surface area contributed by atoms with E-state index >= 15 is 0 Å². The van der Waals surface area contributed by atoms with E-state index in [-0.39, 0.29) is 5.91 Å². The fourth-order valence-electron chi connectivity index (χ4n) is 3.02. The van der Waals surface area contributed by atoms with E-state index in [9.17, 15) is 9.90 Å². The van der Waals surface area contributed by atoms with Crippen LogP contribution in [-0.4, -0.2) is 78.1 Å². The lowest BCUT2D eigenvalue weighted by Gasteiger charge is -2.36. The van der Waals surface area contributed by atoms with Crippen LogP contribution in [0.3, 0.4) is 0 Å². The highest BCUT2D eigenvalue weighted by molar-refractivity contribution is 5.78. The van der Waals surface area contributed by atoms with Gasteiger partial charge in [0.25, 0.3) is 0 Å². The van der Waals surface area contributed by atoms with Gasteiger partial charge in [0.1, 0.15) is 0 Å². The Morgan fingerprint density at radius 3 is 2.22 bits per heavy atom. The molecule has 1 N–H and O–H groups in total. The molecule has 1 aliphatic rings. The molecule has 1 heterocycles. The SMILES string of the molecule is CCN(CC)C(=O)CN1CCN(C[C@@H](O)c2ccccc2)CC1. The van der Waals surface area contributed by atoms with Gasteiger partial charge in [-0.3, -0.25) is 14.6 Å². The maximum Gasteiger partial charge on any atom is 0.236 e. The third kappa shape index (κ3) is 5.30. The quantitative estimate of drug-likeness (QED) is 0.820. The molecule has 5 nitrogen and oxygen atoms in total. The zero-order valence-corrected chi connectivity index (χ0v) is 14.3. The van der Waals surface area contributed by atoms with Crippen molar-refractivity contribution < 1.29 is 9.90 Å². The summed E-state index contributed by atoms with van der Waals surface area (Å²) in [5.74, 6) is 0.216. The van der Waals surface area contributed by atoms with E-state index in [0.717, 1.165) is 44.8 Å². The fraction of sp³-hybridized carbons (Fsp3) is 0.611. The van der Waals surface area contributed by atoms with Crippen LogP contribution in [0, 0.1) is 0 Å². The number of amides is 1. The van der Waals surface area contributed by atoms with E-state index in [0.29, 0.717) is 13.1 Å². The number of aliphatic hydroxyl groups is 1. The summed E-state index contributed by atoms with van der Waals surface area (Å²) in [5, 5.41) is 10.3. The molecule has 0 spiro atoms. The number of carbonyl (C=O) groups excluding carboxylic acids is 1. The number of piperazine rings is 1. The first-order valence-corrected chi connectivity index (χ1v) is 8.59. The van der Waals surface area contributed by atoms with E-state index in [2.05, 4.69) is 9.80 Å². The maximum absolute atomic E-state index is 12.1. The van der Waals surface area contributed by atoms with Crippen molar-refractivity contribution in [3.05, 3.63) is 35.9 Å². The first-order valence-electron chi connectivity index (χ1n) is 8.59. The summed E-state index contributed by atoms with van der Waals surface area (Å²) in [6, 6.07) is 9.79. The average molecular weight is 319 g/mol. The molecule has 1 saturated heterocycles. The Kier molecular flexibility index (Phi) is 7.02. The molecule has 0 aromatic heterocycles. The summed E-state index contributed by atoms with van der Waals surface area (Å²) in [6.45, 7) is 10.3. The van der Waals surface area contributed by atoms with Crippen molar-refractivity contribution >= 4 is 5.91 Å². The van der Waals surface area contributed by atoms with Gasteiger partial charge in [-0.15, -0.1) is 0 Å². The van der Waals surface area contributed by atoms with E-state index < -0.39 is 6.10 Å². The number of carbonyl (C=O) groups is 1. The number of likely N-dealkylation sites (N-methyl/N-ethyl adjacent to an activating group) is 1. The second kappa shape index (κ2) is 9.01. The molecule has 0 unspecified atom stereocenters. The first-order chi connectivity index (χ1) is 11.1. The van der Waals surface area contributed by atoms with E-state index in [1.807, 2.05) is 49.1 Å². The monoisotopic (exact) mass is 319 g/mol. The van der Waals surface area contributed by atoms with Gasteiger partial charge in [0.05, 0.1) is 12.6 Å². The molecule has 23 heavy (non-hydrogen) atoms. The molecule has 2 rings (SSSR count). The molecule has 0 bridgehead atoms. The van der Waals surface area contributed by atoms with E-state index in [1.165, 1.54) is 0 Å². The maximum atomic E-state index is 12.1. The van der Waals surface area contributed by atoms with Crippen molar-refractivity contribution in [1.82, 2.24) is 14.7 Å². The van der Waals surface area contributed by atoms with Crippen molar-refractivity contribution in [2.45, 2.75) is 20.0 Å². The molecule has 1 aromatic carbocycles. The number of nitrogens with zero attached hydrogens (tertiary/aromatic N) is 3. The van der Waals surface area contributed by atoms with Crippen LogP contribution in [0.25, 0.3) is 0 Å². The lowest BCUT2D eigenvalue weighted by molar-refractivity contribution is -0.132. The van der Waals surface area contributed by atoms with Gasteiger partial charge in [0.15, 0.2) is 0 Å². The lowest BCUT2D eigenvalue weighted by atomic mass is 10.1. The second-order valence-electron chi connectivity index (χ2n) is 6.07. The molecule has 1 aromatic rings. The van der Waals surface area contributed by atoms with Gasteiger partial charge >= 0.3 is 0 Å². The minimum atomic E-state index is -0.444. The number of aliphatic hydroxyl groups excluding tert-OH is 1. The summed E-state index contributed by atoms with van der Waals surface area (Å²) in [7, 11) is 0. The van der Waals surface area contributed by atoms with Crippen LogP contribution < -0.4 is 0 Å². The van der Waals surface area contributed by atoms with Gasteiger partial charge in [-0.25, -0.2) is 0 Å². The molecule has 1 aliphatic heterocycles. The minimum Gasteiger partial charge on any atom is -0.387 e. The second-order valence-corrected chi connectivity index (χ2v) is 6.07. The standard InChI is InChI=1S/C18H29N3O2/c1-3-21(4-2)18(23)15-20-12-10-19(11-13-20)14-17(22)16-8-6-5-7-9-16/h5-9,17,22H,3-4,10-15H2,1-2H3/t17-/m1/s1. The van der Waals surface area contributed by atoms with Gasteiger partial charge in [-0.2, -0.15) is 0 Å². The predicted molar refractivity (Wildman–Crippen MR) is 92.2 cm³/mol. The number of benzene rings is 1. The molecule has 128 valence electrons. The Morgan fingerprint density at radius 1 is 1.09 bits per heavy atom. The molecular weight excluding hydrogens is 290 g/mol. The Labute approximate surface area is 139 Å². The van der Waals surface area contributed by atoms with Crippen molar-refractivity contribution in [2.24, 2.45) is 0 Å². The first kappa shape index (κ1) is 17.9. The predicted octanol–water partition coefficient (Wildman–Crippen LogP) is 1.21. The van der Waals surface area contributed by atoms with Gasteiger partial charge in [0, 0.05) is 45.8 Å². The van der Waals surface area contributed by atoms with Crippen molar-refractivity contribution in [3.8, 4) is 0 Å². The topological polar surface area (TPSA) is 47.0 Å². The van der Waals surface area contributed by atoms with Crippen LogP contribution in [0.15, 0.2) is 30.3 Å². The zero-order chi connectivity index (χ0) is 16.7. The highest BCUT2D eigenvalue weighted by Gasteiger charge is 2.22. The van der Waals surface area contributed by atoms with Crippen molar-refractivity contribution in [3.63, 3.8) is 0 Å². The largest absolute Gasteiger partial charge is 0.387 e. The molecule has 1 atom stereocenters. The van der Waals surface area contributed by atoms with Gasteiger partial charge in [-0.1, -0.05) is 30.3 Å². The summed E-state index contributed by atoms with van der Waals surface area (Å²) in [4.78, 5) is 18.5. The van der Waals surface area contributed by atoms with Crippen LogP contribution >= 0.6 is 0 Å². The Balaban J connectivity index is 1.74.